The number of hydrogen-bond acceptors (Lipinski definition) is 4. The summed E-state index contributed by atoms with van der Waals surface area (Å²) >= 11 is 1.36. The fourth-order valence-electron chi connectivity index (χ4n) is 2.64. The molecular weight excluding hydrogens is 349 g/mol. The molecule has 3 rings (SSSR count). The lowest BCUT2D eigenvalue weighted by molar-refractivity contribution is -0.118. The lowest BCUT2D eigenvalue weighted by Gasteiger charge is -2.13. The Kier molecular flexibility index (Phi) is 5.83. The molecule has 0 aliphatic rings. The van der Waals surface area contributed by atoms with E-state index in [-0.39, 0.29) is 16.9 Å². The second kappa shape index (κ2) is 8.27. The molecule has 134 valence electrons. The van der Waals surface area contributed by atoms with Crippen LogP contribution in [0.2, 0.25) is 0 Å². The number of ketones is 1. The quantitative estimate of drug-likeness (QED) is 0.572. The fraction of sp³-hybridized carbons (Fsp3) is 0.250. The first-order valence-corrected chi connectivity index (χ1v) is 9.39. The van der Waals surface area contributed by atoms with E-state index in [1.165, 1.54) is 17.8 Å². The number of halogens is 1. The Morgan fingerprint density at radius 3 is 2.50 bits per heavy atom. The maximum Gasteiger partial charge on any atom is 0.192 e. The van der Waals surface area contributed by atoms with E-state index in [2.05, 4.69) is 10.2 Å². The van der Waals surface area contributed by atoms with Gasteiger partial charge in [-0.2, -0.15) is 0 Å². The Morgan fingerprint density at radius 1 is 1.12 bits per heavy atom. The Bertz CT molecular complexity index is 895. The van der Waals surface area contributed by atoms with E-state index in [9.17, 15) is 9.18 Å². The highest BCUT2D eigenvalue weighted by Gasteiger charge is 2.21. The van der Waals surface area contributed by atoms with Crippen molar-refractivity contribution in [2.45, 2.75) is 37.2 Å². The standard InChI is InChI=1S/C20H20FN3OS/c1-3-18(25)14(2)26-20-23-22-19(16-11-7-8-12-17(16)21)24(20)13-15-9-5-4-6-10-15/h4-12,14H,3,13H2,1-2H3. The molecule has 6 heteroatoms. The van der Waals surface area contributed by atoms with Crippen molar-refractivity contribution in [1.82, 2.24) is 14.8 Å². The van der Waals surface area contributed by atoms with E-state index in [1.807, 2.05) is 48.7 Å². The number of nitrogens with zero attached hydrogens (tertiary/aromatic N) is 3. The van der Waals surface area contributed by atoms with Crippen molar-refractivity contribution in [3.05, 3.63) is 66.0 Å². The molecule has 26 heavy (non-hydrogen) atoms. The largest absolute Gasteiger partial charge is 0.298 e. The van der Waals surface area contributed by atoms with Gasteiger partial charge in [0.05, 0.1) is 17.4 Å². The van der Waals surface area contributed by atoms with Crippen LogP contribution in [0.3, 0.4) is 0 Å². The molecule has 1 aromatic heterocycles. The molecule has 3 aromatic rings. The second-order valence-electron chi connectivity index (χ2n) is 5.94. The van der Waals surface area contributed by atoms with Crippen LogP contribution in [0.15, 0.2) is 59.8 Å². The lowest BCUT2D eigenvalue weighted by Crippen LogP contribution is -2.13. The zero-order chi connectivity index (χ0) is 18.5. The molecule has 0 amide bonds. The van der Waals surface area contributed by atoms with Gasteiger partial charge in [0.15, 0.2) is 11.0 Å². The summed E-state index contributed by atoms with van der Waals surface area (Å²) in [6.45, 7) is 4.21. The Morgan fingerprint density at radius 2 is 1.81 bits per heavy atom. The molecule has 0 aliphatic carbocycles. The van der Waals surface area contributed by atoms with Crippen LogP contribution in [0.1, 0.15) is 25.8 Å². The van der Waals surface area contributed by atoms with Gasteiger partial charge in [-0.3, -0.25) is 9.36 Å². The van der Waals surface area contributed by atoms with E-state index in [0.717, 1.165) is 5.56 Å². The molecule has 0 N–H and O–H groups in total. The van der Waals surface area contributed by atoms with Crippen LogP contribution < -0.4 is 0 Å². The number of carbonyl (C=O) groups is 1. The summed E-state index contributed by atoms with van der Waals surface area (Å²) in [5.74, 6) is 0.269. The number of thioether (sulfide) groups is 1. The SMILES string of the molecule is CCC(=O)C(C)Sc1nnc(-c2ccccc2F)n1Cc1ccccc1. The Labute approximate surface area is 156 Å². The Balaban J connectivity index is 2.02. The van der Waals surface area contributed by atoms with Gasteiger partial charge in [-0.25, -0.2) is 4.39 Å². The molecule has 0 saturated carbocycles. The average Bonchev–Trinajstić information content (AvgIpc) is 3.04. The first-order chi connectivity index (χ1) is 12.6. The molecule has 1 atom stereocenters. The zero-order valence-electron chi connectivity index (χ0n) is 14.7. The molecular formula is C20H20FN3OS. The van der Waals surface area contributed by atoms with Crippen LogP contribution in [-0.4, -0.2) is 25.8 Å². The molecule has 0 aliphatic heterocycles. The topological polar surface area (TPSA) is 47.8 Å². The van der Waals surface area contributed by atoms with Crippen LogP contribution >= 0.6 is 11.8 Å². The fourth-order valence-corrected chi connectivity index (χ4v) is 3.62. The molecule has 2 aromatic carbocycles. The summed E-state index contributed by atoms with van der Waals surface area (Å²) < 4.78 is 16.2. The van der Waals surface area contributed by atoms with Crippen molar-refractivity contribution < 1.29 is 9.18 Å². The minimum Gasteiger partial charge on any atom is -0.298 e. The van der Waals surface area contributed by atoms with Crippen molar-refractivity contribution in [3.8, 4) is 11.4 Å². The highest BCUT2D eigenvalue weighted by atomic mass is 32.2. The molecule has 4 nitrogen and oxygen atoms in total. The highest BCUT2D eigenvalue weighted by molar-refractivity contribution is 8.00. The summed E-state index contributed by atoms with van der Waals surface area (Å²) in [6, 6.07) is 16.4. The van der Waals surface area contributed by atoms with Crippen LogP contribution in [0.5, 0.6) is 0 Å². The molecule has 1 unspecified atom stereocenters. The highest BCUT2D eigenvalue weighted by Crippen LogP contribution is 2.29. The number of carbonyl (C=O) groups excluding carboxylic acids is 1. The Hall–Kier alpha value is -2.47. The summed E-state index contributed by atoms with van der Waals surface area (Å²) in [4.78, 5) is 12.0. The number of hydrogen-bond donors (Lipinski definition) is 0. The normalized spacial score (nSPS) is 12.1. The monoisotopic (exact) mass is 369 g/mol. The van der Waals surface area contributed by atoms with Gasteiger partial charge in [-0.1, -0.05) is 61.2 Å². The van der Waals surface area contributed by atoms with E-state index in [1.54, 1.807) is 18.2 Å². The van der Waals surface area contributed by atoms with Crippen LogP contribution in [0.25, 0.3) is 11.4 Å². The summed E-state index contributed by atoms with van der Waals surface area (Å²) in [5, 5.41) is 8.85. The number of benzene rings is 2. The maximum atomic E-state index is 14.3. The van der Waals surface area contributed by atoms with Gasteiger partial charge in [-0.15, -0.1) is 10.2 Å². The number of rotatable bonds is 7. The van der Waals surface area contributed by atoms with Crippen LogP contribution in [0, 0.1) is 5.82 Å². The van der Waals surface area contributed by atoms with Gasteiger partial charge in [0.25, 0.3) is 0 Å². The minimum atomic E-state index is -0.344. The van der Waals surface area contributed by atoms with Crippen molar-refractivity contribution in [2.24, 2.45) is 0 Å². The van der Waals surface area contributed by atoms with Gasteiger partial charge in [0.1, 0.15) is 11.6 Å². The molecule has 0 bridgehead atoms. The molecule has 1 heterocycles. The van der Waals surface area contributed by atoms with Crippen LogP contribution in [0.4, 0.5) is 4.39 Å². The zero-order valence-corrected chi connectivity index (χ0v) is 15.5. The minimum absolute atomic E-state index is 0.150. The maximum absolute atomic E-state index is 14.3. The van der Waals surface area contributed by atoms with E-state index >= 15 is 0 Å². The summed E-state index contributed by atoms with van der Waals surface area (Å²) in [5.41, 5.74) is 1.46. The second-order valence-corrected chi connectivity index (χ2v) is 7.25. The first kappa shape index (κ1) is 18.3. The molecule has 0 radical (unpaired) electrons. The summed E-state index contributed by atoms with van der Waals surface area (Å²) in [7, 11) is 0. The van der Waals surface area contributed by atoms with Gasteiger partial charge in [0.2, 0.25) is 0 Å². The first-order valence-electron chi connectivity index (χ1n) is 8.51. The van der Waals surface area contributed by atoms with Crippen molar-refractivity contribution in [3.63, 3.8) is 0 Å². The predicted molar refractivity (Wildman–Crippen MR) is 102 cm³/mol. The van der Waals surface area contributed by atoms with Gasteiger partial charge >= 0.3 is 0 Å². The van der Waals surface area contributed by atoms with Crippen molar-refractivity contribution in [1.29, 1.82) is 0 Å². The third-order valence-corrected chi connectivity index (χ3v) is 5.23. The summed E-state index contributed by atoms with van der Waals surface area (Å²) in [6.07, 6.45) is 0.473. The predicted octanol–water partition coefficient (Wildman–Crippen LogP) is 4.59. The van der Waals surface area contributed by atoms with E-state index in [0.29, 0.717) is 29.5 Å². The van der Waals surface area contributed by atoms with Crippen molar-refractivity contribution >= 4 is 17.5 Å². The van der Waals surface area contributed by atoms with Gasteiger partial charge in [-0.05, 0) is 24.6 Å². The van der Waals surface area contributed by atoms with E-state index in [4.69, 9.17) is 0 Å². The number of aromatic nitrogens is 3. The number of Topliss-reactive ketones (excluding diaryl/α,β-unsaturated/α-hetero) is 1. The van der Waals surface area contributed by atoms with Crippen molar-refractivity contribution in [2.75, 3.05) is 0 Å². The van der Waals surface area contributed by atoms with Crippen LogP contribution in [-0.2, 0) is 11.3 Å². The smallest absolute Gasteiger partial charge is 0.192 e. The van der Waals surface area contributed by atoms with E-state index < -0.39 is 0 Å². The van der Waals surface area contributed by atoms with Gasteiger partial charge in [0, 0.05) is 6.42 Å². The lowest BCUT2D eigenvalue weighted by atomic mass is 10.2. The average molecular weight is 369 g/mol. The molecule has 0 saturated heterocycles. The van der Waals surface area contributed by atoms with Gasteiger partial charge < -0.3 is 0 Å². The molecule has 0 fully saturated rings. The third-order valence-electron chi connectivity index (χ3n) is 4.10. The third kappa shape index (κ3) is 4.02. The molecule has 0 spiro atoms.